The van der Waals surface area contributed by atoms with Crippen LogP contribution < -0.4 is 5.32 Å². The molecule has 0 saturated carbocycles. The van der Waals surface area contributed by atoms with Gasteiger partial charge in [0.1, 0.15) is 0 Å². The first-order valence-electron chi connectivity index (χ1n) is 7.81. The summed E-state index contributed by atoms with van der Waals surface area (Å²) in [5, 5.41) is 11.5. The molecule has 2 N–H and O–H groups in total. The lowest BCUT2D eigenvalue weighted by atomic mass is 10.3. The molecule has 25 heavy (non-hydrogen) atoms. The second-order valence-corrected chi connectivity index (χ2v) is 7.95. The van der Waals surface area contributed by atoms with Crippen LogP contribution in [0.3, 0.4) is 0 Å². The van der Waals surface area contributed by atoms with Crippen LogP contribution in [0.2, 0.25) is 5.02 Å². The number of nitrogens with one attached hydrogen (secondary N) is 1. The Balaban J connectivity index is 1.86. The van der Waals surface area contributed by atoms with Crippen LogP contribution in [0.5, 0.6) is 0 Å². The second-order valence-electron chi connectivity index (χ2n) is 5.58. The van der Waals surface area contributed by atoms with E-state index in [1.165, 1.54) is 21.3 Å². The Hall–Kier alpha value is -1.84. The number of aliphatic carboxylic acids is 1. The molecule has 2 amide bonds. The Bertz CT molecular complexity index is 732. The minimum Gasteiger partial charge on any atom is -0.481 e. The van der Waals surface area contributed by atoms with Crippen LogP contribution in [0.25, 0.3) is 0 Å². The number of urea groups is 1. The van der Waals surface area contributed by atoms with Crippen LogP contribution in [-0.4, -0.2) is 67.5 Å². The quantitative estimate of drug-likeness (QED) is 0.711. The molecule has 0 aliphatic carbocycles. The highest BCUT2D eigenvalue weighted by Gasteiger charge is 2.30. The molecule has 1 aliphatic heterocycles. The van der Waals surface area contributed by atoms with E-state index in [1.54, 1.807) is 12.1 Å². The highest BCUT2D eigenvalue weighted by molar-refractivity contribution is 7.89. The van der Waals surface area contributed by atoms with Crippen LogP contribution in [0.1, 0.15) is 12.8 Å². The topological polar surface area (TPSA) is 107 Å². The van der Waals surface area contributed by atoms with Gasteiger partial charge in [0, 0.05) is 44.2 Å². The van der Waals surface area contributed by atoms with E-state index in [2.05, 4.69) is 5.32 Å². The van der Waals surface area contributed by atoms with Gasteiger partial charge in [-0.25, -0.2) is 13.2 Å². The summed E-state index contributed by atoms with van der Waals surface area (Å²) in [6.07, 6.45) is 0.343. The van der Waals surface area contributed by atoms with E-state index in [4.69, 9.17) is 16.7 Å². The summed E-state index contributed by atoms with van der Waals surface area (Å²) >= 11 is 5.85. The standard InChI is InChI=1S/C15H20ClN3O5S/c16-12-3-1-4-13(11-12)25(23,24)19-9-7-18(8-10-19)15(22)17-6-2-5-14(20)21/h1,3-4,11H,2,5-10H2,(H,17,22)(H,20,21). The number of piperazine rings is 1. The van der Waals surface area contributed by atoms with Crippen LogP contribution >= 0.6 is 11.6 Å². The van der Waals surface area contributed by atoms with Gasteiger partial charge >= 0.3 is 12.0 Å². The predicted molar refractivity (Wildman–Crippen MR) is 92.1 cm³/mol. The average Bonchev–Trinajstić information content (AvgIpc) is 2.58. The molecule has 0 bridgehead atoms. The van der Waals surface area contributed by atoms with Crippen molar-refractivity contribution in [2.75, 3.05) is 32.7 Å². The van der Waals surface area contributed by atoms with E-state index in [9.17, 15) is 18.0 Å². The Morgan fingerprint density at radius 2 is 1.88 bits per heavy atom. The lowest BCUT2D eigenvalue weighted by Gasteiger charge is -2.34. The van der Waals surface area contributed by atoms with Crippen LogP contribution in [0.4, 0.5) is 4.79 Å². The van der Waals surface area contributed by atoms with Gasteiger partial charge in [-0.2, -0.15) is 4.31 Å². The number of rotatable bonds is 6. The molecule has 0 atom stereocenters. The monoisotopic (exact) mass is 389 g/mol. The first-order valence-corrected chi connectivity index (χ1v) is 9.63. The van der Waals surface area contributed by atoms with Crippen LogP contribution in [0, 0.1) is 0 Å². The smallest absolute Gasteiger partial charge is 0.317 e. The van der Waals surface area contributed by atoms with Crippen molar-refractivity contribution in [3.63, 3.8) is 0 Å². The molecule has 8 nitrogen and oxygen atoms in total. The van der Waals surface area contributed by atoms with Gasteiger partial charge in [0.05, 0.1) is 4.90 Å². The molecule has 10 heteroatoms. The number of carbonyl (C=O) groups excluding carboxylic acids is 1. The summed E-state index contributed by atoms with van der Waals surface area (Å²) in [5.74, 6) is -0.908. The maximum Gasteiger partial charge on any atom is 0.317 e. The summed E-state index contributed by atoms with van der Waals surface area (Å²) in [6, 6.07) is 5.76. The second kappa shape index (κ2) is 8.50. The van der Waals surface area contributed by atoms with Crippen LogP contribution in [0.15, 0.2) is 29.2 Å². The van der Waals surface area contributed by atoms with E-state index in [-0.39, 0.29) is 50.1 Å². The third-order valence-electron chi connectivity index (χ3n) is 3.80. The fraction of sp³-hybridized carbons (Fsp3) is 0.467. The summed E-state index contributed by atoms with van der Waals surface area (Å²) in [6.45, 7) is 1.19. The number of sulfonamides is 1. The Morgan fingerprint density at radius 1 is 1.20 bits per heavy atom. The van der Waals surface area contributed by atoms with Gasteiger partial charge in [-0.15, -0.1) is 0 Å². The van der Waals surface area contributed by atoms with Crippen molar-refractivity contribution in [3.8, 4) is 0 Å². The van der Waals surface area contributed by atoms with Gasteiger partial charge in [0.15, 0.2) is 0 Å². The third kappa shape index (κ3) is 5.32. The zero-order valence-corrected chi connectivity index (χ0v) is 15.1. The van der Waals surface area contributed by atoms with E-state index < -0.39 is 16.0 Å². The Labute approximate surface area is 151 Å². The summed E-state index contributed by atoms with van der Waals surface area (Å²) in [5.41, 5.74) is 0. The maximum atomic E-state index is 12.6. The molecule has 1 heterocycles. The first-order chi connectivity index (χ1) is 11.8. The molecule has 1 fully saturated rings. The fourth-order valence-electron chi connectivity index (χ4n) is 2.45. The number of benzene rings is 1. The van der Waals surface area contributed by atoms with Crippen molar-refractivity contribution < 1.29 is 23.1 Å². The minimum absolute atomic E-state index is 0.00800. The highest BCUT2D eigenvalue weighted by Crippen LogP contribution is 2.20. The molecule has 0 radical (unpaired) electrons. The normalized spacial score (nSPS) is 15.8. The van der Waals surface area contributed by atoms with Crippen molar-refractivity contribution in [1.82, 2.24) is 14.5 Å². The molecule has 0 spiro atoms. The van der Waals surface area contributed by atoms with E-state index >= 15 is 0 Å². The molecule has 2 rings (SSSR count). The summed E-state index contributed by atoms with van der Waals surface area (Å²) < 4.78 is 26.5. The minimum atomic E-state index is -3.64. The molecule has 1 aromatic rings. The van der Waals surface area contributed by atoms with E-state index in [0.29, 0.717) is 11.4 Å². The predicted octanol–water partition coefficient (Wildman–Crippen LogP) is 1.22. The average molecular weight is 390 g/mol. The molecule has 0 aromatic heterocycles. The number of hydrogen-bond acceptors (Lipinski definition) is 4. The SMILES string of the molecule is O=C(O)CCCNC(=O)N1CCN(S(=O)(=O)c2cccc(Cl)c2)CC1. The number of carbonyl (C=O) groups is 2. The van der Waals surface area contributed by atoms with Crippen molar-refractivity contribution in [1.29, 1.82) is 0 Å². The molecule has 1 aromatic carbocycles. The van der Waals surface area contributed by atoms with Crippen molar-refractivity contribution in [2.45, 2.75) is 17.7 Å². The first kappa shape index (κ1) is 19.5. The number of carboxylic acids is 1. The molecule has 138 valence electrons. The Morgan fingerprint density at radius 3 is 2.48 bits per heavy atom. The zero-order valence-electron chi connectivity index (χ0n) is 13.5. The van der Waals surface area contributed by atoms with Crippen molar-refractivity contribution >= 4 is 33.6 Å². The van der Waals surface area contributed by atoms with Gasteiger partial charge in [0.2, 0.25) is 10.0 Å². The maximum absolute atomic E-state index is 12.6. The number of nitrogens with zero attached hydrogens (tertiary/aromatic N) is 2. The number of halogens is 1. The molecular weight excluding hydrogens is 370 g/mol. The lowest BCUT2D eigenvalue weighted by Crippen LogP contribution is -2.53. The van der Waals surface area contributed by atoms with Gasteiger partial charge in [-0.3, -0.25) is 4.79 Å². The largest absolute Gasteiger partial charge is 0.481 e. The lowest BCUT2D eigenvalue weighted by molar-refractivity contribution is -0.137. The third-order valence-corrected chi connectivity index (χ3v) is 5.93. The van der Waals surface area contributed by atoms with E-state index in [0.717, 1.165) is 0 Å². The fourth-order valence-corrected chi connectivity index (χ4v) is 4.18. The van der Waals surface area contributed by atoms with Gasteiger partial charge in [0.25, 0.3) is 0 Å². The summed E-state index contributed by atoms with van der Waals surface area (Å²) in [7, 11) is -3.64. The highest BCUT2D eigenvalue weighted by atomic mass is 35.5. The van der Waals surface area contributed by atoms with E-state index in [1.807, 2.05) is 0 Å². The number of amides is 2. The molecule has 1 aliphatic rings. The molecule has 1 saturated heterocycles. The van der Waals surface area contributed by atoms with Crippen molar-refractivity contribution in [2.24, 2.45) is 0 Å². The molecule has 0 unspecified atom stereocenters. The summed E-state index contributed by atoms with van der Waals surface area (Å²) in [4.78, 5) is 24.1. The van der Waals surface area contributed by atoms with Gasteiger partial charge in [-0.05, 0) is 24.6 Å². The number of hydrogen-bond donors (Lipinski definition) is 2. The van der Waals surface area contributed by atoms with Crippen LogP contribution in [-0.2, 0) is 14.8 Å². The Kier molecular flexibility index (Phi) is 6.63. The zero-order chi connectivity index (χ0) is 18.4. The molecular formula is C15H20ClN3O5S. The van der Waals surface area contributed by atoms with Gasteiger partial charge < -0.3 is 15.3 Å². The van der Waals surface area contributed by atoms with Crippen molar-refractivity contribution in [3.05, 3.63) is 29.3 Å². The number of carboxylic acid groups (broad SMARTS) is 1. The van der Waals surface area contributed by atoms with Gasteiger partial charge in [-0.1, -0.05) is 17.7 Å².